The van der Waals surface area contributed by atoms with Gasteiger partial charge in [-0.2, -0.15) is 5.10 Å². The van der Waals surface area contributed by atoms with Crippen LogP contribution >= 0.6 is 12.4 Å². The average Bonchev–Trinajstić information content (AvgIpc) is 3.25. The van der Waals surface area contributed by atoms with Crippen molar-refractivity contribution in [1.82, 2.24) is 31.3 Å². The largest absolute Gasteiger partial charge is 0.352 e. The van der Waals surface area contributed by atoms with Gasteiger partial charge in [0.25, 0.3) is 0 Å². The van der Waals surface area contributed by atoms with Gasteiger partial charge in [-0.05, 0) is 45.0 Å². The van der Waals surface area contributed by atoms with Crippen molar-refractivity contribution in [2.24, 2.45) is 5.92 Å². The van der Waals surface area contributed by atoms with E-state index in [-0.39, 0.29) is 30.4 Å². The van der Waals surface area contributed by atoms with Gasteiger partial charge in [-0.25, -0.2) is 10.1 Å². The summed E-state index contributed by atoms with van der Waals surface area (Å²) in [6.07, 6.45) is 1.78. The number of piperidine rings is 1. The Balaban J connectivity index is 0.00000225. The lowest BCUT2D eigenvalue weighted by Crippen LogP contribution is -2.51. The average molecular weight is 405 g/mol. The van der Waals surface area contributed by atoms with Gasteiger partial charge in [-0.15, -0.1) is 12.4 Å². The molecule has 2 aliphatic heterocycles. The number of carbonyl (C=O) groups is 1. The minimum absolute atomic E-state index is 0. The van der Waals surface area contributed by atoms with Gasteiger partial charge in [0.2, 0.25) is 5.91 Å². The number of hydrogen-bond donors (Lipinski definition) is 4. The molecule has 0 bridgehead atoms. The van der Waals surface area contributed by atoms with E-state index in [9.17, 15) is 4.79 Å². The van der Waals surface area contributed by atoms with E-state index in [2.05, 4.69) is 39.6 Å². The van der Waals surface area contributed by atoms with E-state index < -0.39 is 0 Å². The molecule has 0 saturated carbocycles. The minimum atomic E-state index is -0.189. The molecule has 8 heteroatoms. The number of aryl methyl sites for hydroxylation is 1. The summed E-state index contributed by atoms with van der Waals surface area (Å²) in [6, 6.07) is 12.4. The molecular weight excluding hydrogens is 376 g/mol. The van der Waals surface area contributed by atoms with Gasteiger partial charge in [0.1, 0.15) is 6.04 Å². The van der Waals surface area contributed by atoms with Crippen LogP contribution in [0.2, 0.25) is 0 Å². The standard InChI is InChI=1S/C20H28N6O.ClH/c1-13(22-20(27)19-17-12-21-9-8-18(17)23-24-19)10-16-11-14(2)25-26(16)15-6-4-3-5-7-15;/h3-7,11,13,17-19,21,23-24H,8-10,12H2,1-2H3,(H,22,27);1H. The molecule has 2 fully saturated rings. The molecule has 28 heavy (non-hydrogen) atoms. The van der Waals surface area contributed by atoms with Crippen LogP contribution in [0, 0.1) is 12.8 Å². The number of aromatic nitrogens is 2. The number of para-hydroxylation sites is 1. The van der Waals surface area contributed by atoms with Gasteiger partial charge >= 0.3 is 0 Å². The molecule has 4 atom stereocenters. The number of halogens is 1. The summed E-state index contributed by atoms with van der Waals surface area (Å²) in [7, 11) is 0. The van der Waals surface area contributed by atoms with Crippen molar-refractivity contribution in [3.05, 3.63) is 47.8 Å². The lowest BCUT2D eigenvalue weighted by Gasteiger charge is -2.28. The maximum atomic E-state index is 12.8. The Kier molecular flexibility index (Phi) is 6.72. The molecule has 1 amide bonds. The van der Waals surface area contributed by atoms with E-state index in [0.29, 0.717) is 12.0 Å². The molecule has 152 valence electrons. The summed E-state index contributed by atoms with van der Waals surface area (Å²) in [4.78, 5) is 12.8. The fourth-order valence-electron chi connectivity index (χ4n) is 4.16. The van der Waals surface area contributed by atoms with Gasteiger partial charge in [-0.3, -0.25) is 10.2 Å². The topological polar surface area (TPSA) is 83.0 Å². The fraction of sp³-hybridized carbons (Fsp3) is 0.500. The van der Waals surface area contributed by atoms with E-state index in [1.54, 1.807) is 0 Å². The Hall–Kier alpha value is -1.93. The number of benzene rings is 1. The Morgan fingerprint density at radius 1 is 1.32 bits per heavy atom. The zero-order valence-electron chi connectivity index (χ0n) is 16.3. The number of nitrogens with zero attached hydrogens (tertiary/aromatic N) is 2. The first kappa shape index (κ1) is 20.8. The van der Waals surface area contributed by atoms with Crippen molar-refractivity contribution in [3.63, 3.8) is 0 Å². The molecule has 0 spiro atoms. The quantitative estimate of drug-likeness (QED) is 0.600. The highest BCUT2D eigenvalue weighted by Crippen LogP contribution is 2.20. The van der Waals surface area contributed by atoms with Crippen molar-refractivity contribution in [3.8, 4) is 5.69 Å². The lowest BCUT2D eigenvalue weighted by atomic mass is 9.89. The van der Waals surface area contributed by atoms with Crippen molar-refractivity contribution in [2.45, 2.75) is 44.8 Å². The van der Waals surface area contributed by atoms with Crippen molar-refractivity contribution in [1.29, 1.82) is 0 Å². The first-order valence-electron chi connectivity index (χ1n) is 9.75. The first-order chi connectivity index (χ1) is 13.1. The SMILES string of the molecule is Cc1cc(CC(C)NC(=O)C2NNC3CCNCC32)n(-c2ccccc2)n1.Cl. The smallest absolute Gasteiger partial charge is 0.239 e. The number of hydrogen-bond acceptors (Lipinski definition) is 5. The number of hydrazine groups is 1. The maximum Gasteiger partial charge on any atom is 0.239 e. The summed E-state index contributed by atoms with van der Waals surface area (Å²) in [5.74, 6) is 0.358. The fourth-order valence-corrected chi connectivity index (χ4v) is 4.16. The van der Waals surface area contributed by atoms with Crippen LogP contribution in [0.5, 0.6) is 0 Å². The molecule has 7 nitrogen and oxygen atoms in total. The summed E-state index contributed by atoms with van der Waals surface area (Å²) in [6.45, 7) is 5.92. The van der Waals surface area contributed by atoms with Crippen LogP contribution in [0.1, 0.15) is 24.7 Å². The van der Waals surface area contributed by atoms with Crippen LogP contribution < -0.4 is 21.5 Å². The number of amides is 1. The van der Waals surface area contributed by atoms with Crippen LogP contribution in [0.4, 0.5) is 0 Å². The number of nitrogens with one attached hydrogen (secondary N) is 4. The second-order valence-electron chi connectivity index (χ2n) is 7.67. The van der Waals surface area contributed by atoms with Gasteiger partial charge in [0.05, 0.1) is 11.4 Å². The lowest BCUT2D eigenvalue weighted by molar-refractivity contribution is -0.124. The third-order valence-electron chi connectivity index (χ3n) is 5.47. The Bertz CT molecular complexity index is 795. The van der Waals surface area contributed by atoms with Crippen molar-refractivity contribution >= 4 is 18.3 Å². The molecule has 4 rings (SSSR count). The third-order valence-corrected chi connectivity index (χ3v) is 5.47. The normalized spacial score (nSPS) is 24.9. The highest BCUT2D eigenvalue weighted by molar-refractivity contribution is 5.85. The van der Waals surface area contributed by atoms with Gasteiger partial charge in [0.15, 0.2) is 0 Å². The molecule has 1 aromatic heterocycles. The maximum absolute atomic E-state index is 12.8. The molecule has 3 heterocycles. The van der Waals surface area contributed by atoms with Crippen molar-refractivity contribution in [2.75, 3.05) is 13.1 Å². The first-order valence-corrected chi connectivity index (χ1v) is 9.75. The zero-order chi connectivity index (χ0) is 18.8. The van der Waals surface area contributed by atoms with Crippen LogP contribution in [-0.2, 0) is 11.2 Å². The predicted octanol–water partition coefficient (Wildman–Crippen LogP) is 1.10. The van der Waals surface area contributed by atoms with Crippen LogP contribution in [0.3, 0.4) is 0 Å². The molecule has 1 aromatic carbocycles. The number of fused-ring (bicyclic) bond motifs is 1. The summed E-state index contributed by atoms with van der Waals surface area (Å²) >= 11 is 0. The Morgan fingerprint density at radius 2 is 2.11 bits per heavy atom. The number of carbonyl (C=O) groups excluding carboxylic acids is 1. The molecule has 0 aliphatic carbocycles. The second kappa shape index (κ2) is 9.05. The minimum Gasteiger partial charge on any atom is -0.352 e. The van der Waals surface area contributed by atoms with Crippen LogP contribution in [0.15, 0.2) is 36.4 Å². The Labute approximate surface area is 172 Å². The van der Waals surface area contributed by atoms with Crippen LogP contribution in [-0.4, -0.2) is 46.9 Å². The van der Waals surface area contributed by atoms with Crippen molar-refractivity contribution < 1.29 is 4.79 Å². The number of rotatable bonds is 5. The third kappa shape index (κ3) is 4.38. The monoisotopic (exact) mass is 404 g/mol. The Morgan fingerprint density at radius 3 is 2.89 bits per heavy atom. The summed E-state index contributed by atoms with van der Waals surface area (Å²) in [5.41, 5.74) is 9.58. The highest BCUT2D eigenvalue weighted by atomic mass is 35.5. The van der Waals surface area contributed by atoms with Gasteiger partial charge in [0, 0.05) is 36.7 Å². The van der Waals surface area contributed by atoms with Crippen LogP contribution in [0.25, 0.3) is 5.69 Å². The second-order valence-corrected chi connectivity index (χ2v) is 7.67. The highest BCUT2D eigenvalue weighted by Gasteiger charge is 2.41. The molecule has 2 aliphatic rings. The van der Waals surface area contributed by atoms with Gasteiger partial charge < -0.3 is 10.6 Å². The van der Waals surface area contributed by atoms with E-state index in [4.69, 9.17) is 0 Å². The van der Waals surface area contributed by atoms with E-state index in [0.717, 1.165) is 43.0 Å². The summed E-state index contributed by atoms with van der Waals surface area (Å²) in [5, 5.41) is 11.2. The summed E-state index contributed by atoms with van der Waals surface area (Å²) < 4.78 is 1.97. The molecule has 4 unspecified atom stereocenters. The molecule has 2 aromatic rings. The predicted molar refractivity (Wildman–Crippen MR) is 112 cm³/mol. The van der Waals surface area contributed by atoms with E-state index in [1.165, 1.54) is 0 Å². The van der Waals surface area contributed by atoms with E-state index in [1.807, 2.05) is 41.9 Å². The molecule has 4 N–H and O–H groups in total. The zero-order valence-corrected chi connectivity index (χ0v) is 17.1. The molecular formula is C20H29ClN6O. The molecule has 2 saturated heterocycles. The van der Waals surface area contributed by atoms with Gasteiger partial charge in [-0.1, -0.05) is 18.2 Å². The van der Waals surface area contributed by atoms with E-state index >= 15 is 0 Å². The molecule has 0 radical (unpaired) electrons.